The second kappa shape index (κ2) is 7.29. The Labute approximate surface area is 173 Å². The summed E-state index contributed by atoms with van der Waals surface area (Å²) in [7, 11) is 1.42. The topological polar surface area (TPSA) is 98.6 Å². The lowest BCUT2D eigenvalue weighted by Crippen LogP contribution is -2.22. The number of esters is 1. The first kappa shape index (κ1) is 18.4. The molecule has 0 bridgehead atoms. The molecule has 5 rings (SSSR count). The molecule has 1 fully saturated rings. The highest BCUT2D eigenvalue weighted by Gasteiger charge is 2.27. The van der Waals surface area contributed by atoms with E-state index < -0.39 is 0 Å². The second-order valence-electron chi connectivity index (χ2n) is 7.63. The molecular formula is C22H22N6O2. The zero-order chi connectivity index (χ0) is 20.7. The van der Waals surface area contributed by atoms with Gasteiger partial charge in [-0.05, 0) is 24.5 Å². The van der Waals surface area contributed by atoms with Gasteiger partial charge in [0.15, 0.2) is 5.65 Å². The van der Waals surface area contributed by atoms with Crippen LogP contribution < -0.4 is 10.6 Å². The number of pyridine rings is 1. The van der Waals surface area contributed by atoms with Gasteiger partial charge >= 0.3 is 5.97 Å². The third kappa shape index (κ3) is 3.20. The standard InChI is InChI=1S/C22H22N6O2/c1-30-21(29)8-14-6-7-27(13-14)20-10-19(23)28-22(26-20)17(12-25-28)16-9-15-4-2-3-5-18(15)24-11-16/h2-5,9-12,14H,6-8,13,23H2,1H3. The molecule has 0 amide bonds. The third-order valence-corrected chi connectivity index (χ3v) is 5.68. The first-order chi connectivity index (χ1) is 14.6. The minimum absolute atomic E-state index is 0.174. The van der Waals surface area contributed by atoms with Crippen molar-refractivity contribution in [2.75, 3.05) is 30.8 Å². The van der Waals surface area contributed by atoms with Gasteiger partial charge in [-0.15, -0.1) is 0 Å². The van der Waals surface area contributed by atoms with Crippen molar-refractivity contribution in [3.8, 4) is 11.1 Å². The molecule has 1 aromatic carbocycles. The van der Waals surface area contributed by atoms with Crippen LogP contribution in [0.4, 0.5) is 11.6 Å². The summed E-state index contributed by atoms with van der Waals surface area (Å²) in [5.74, 6) is 1.40. The normalized spacial score (nSPS) is 16.4. The number of anilines is 2. The highest BCUT2D eigenvalue weighted by molar-refractivity contribution is 5.87. The van der Waals surface area contributed by atoms with E-state index in [9.17, 15) is 4.79 Å². The molecule has 3 aromatic heterocycles. The average molecular weight is 402 g/mol. The van der Waals surface area contributed by atoms with Crippen molar-refractivity contribution in [2.45, 2.75) is 12.8 Å². The molecule has 30 heavy (non-hydrogen) atoms. The first-order valence-electron chi connectivity index (χ1n) is 9.93. The lowest BCUT2D eigenvalue weighted by Gasteiger charge is -2.18. The number of fused-ring (bicyclic) bond motifs is 2. The smallest absolute Gasteiger partial charge is 0.305 e. The number of benzene rings is 1. The van der Waals surface area contributed by atoms with Crippen LogP contribution in [0.2, 0.25) is 0 Å². The Balaban J connectivity index is 1.51. The van der Waals surface area contributed by atoms with Crippen molar-refractivity contribution in [3.63, 3.8) is 0 Å². The largest absolute Gasteiger partial charge is 0.469 e. The fourth-order valence-electron chi connectivity index (χ4n) is 4.08. The number of nitrogens with two attached hydrogens (primary N) is 1. The Morgan fingerprint density at radius 1 is 1.27 bits per heavy atom. The van der Waals surface area contributed by atoms with Crippen molar-refractivity contribution in [3.05, 3.63) is 48.8 Å². The quantitative estimate of drug-likeness (QED) is 0.524. The summed E-state index contributed by atoms with van der Waals surface area (Å²) in [5.41, 5.74) is 9.75. The number of para-hydroxylation sites is 1. The van der Waals surface area contributed by atoms with E-state index in [4.69, 9.17) is 15.5 Å². The number of carbonyl (C=O) groups excluding carboxylic acids is 1. The molecule has 8 heteroatoms. The zero-order valence-electron chi connectivity index (χ0n) is 16.7. The number of nitrogens with zero attached hydrogens (tertiary/aromatic N) is 5. The maximum atomic E-state index is 11.6. The number of aromatic nitrogens is 4. The summed E-state index contributed by atoms with van der Waals surface area (Å²) in [4.78, 5) is 23.2. The van der Waals surface area contributed by atoms with Crippen LogP contribution in [0, 0.1) is 5.92 Å². The van der Waals surface area contributed by atoms with Crippen LogP contribution in [-0.2, 0) is 9.53 Å². The summed E-state index contributed by atoms with van der Waals surface area (Å²) < 4.78 is 6.45. The molecule has 4 aromatic rings. The van der Waals surface area contributed by atoms with Gasteiger partial charge in [0, 0.05) is 41.9 Å². The maximum Gasteiger partial charge on any atom is 0.305 e. The average Bonchev–Trinajstić information content (AvgIpc) is 3.40. The van der Waals surface area contributed by atoms with Crippen molar-refractivity contribution < 1.29 is 9.53 Å². The molecular weight excluding hydrogens is 380 g/mol. The summed E-state index contributed by atoms with van der Waals surface area (Å²) in [6.07, 6.45) is 4.96. The van der Waals surface area contributed by atoms with Crippen LogP contribution in [0.5, 0.6) is 0 Å². The molecule has 1 aliphatic rings. The summed E-state index contributed by atoms with van der Waals surface area (Å²) in [5, 5.41) is 5.49. The van der Waals surface area contributed by atoms with Crippen molar-refractivity contribution in [2.24, 2.45) is 5.92 Å². The lowest BCUT2D eigenvalue weighted by atomic mass is 10.1. The van der Waals surface area contributed by atoms with Gasteiger partial charge in [-0.3, -0.25) is 9.78 Å². The lowest BCUT2D eigenvalue weighted by molar-refractivity contribution is -0.141. The van der Waals surface area contributed by atoms with Crippen LogP contribution >= 0.6 is 0 Å². The van der Waals surface area contributed by atoms with Crippen LogP contribution in [0.3, 0.4) is 0 Å². The molecule has 2 N–H and O–H groups in total. The SMILES string of the molecule is COC(=O)CC1CCN(c2cc(N)n3ncc(-c4cnc5ccccc5c4)c3n2)C1. The number of methoxy groups -OCH3 is 1. The molecule has 1 saturated heterocycles. The number of hydrogen-bond acceptors (Lipinski definition) is 7. The molecule has 152 valence electrons. The van der Waals surface area contributed by atoms with E-state index >= 15 is 0 Å². The first-order valence-corrected chi connectivity index (χ1v) is 9.93. The fraction of sp³-hybridized carbons (Fsp3) is 0.273. The van der Waals surface area contributed by atoms with Gasteiger partial charge in [0.2, 0.25) is 0 Å². The minimum Gasteiger partial charge on any atom is -0.469 e. The predicted molar refractivity (Wildman–Crippen MR) is 115 cm³/mol. The Bertz CT molecular complexity index is 1250. The van der Waals surface area contributed by atoms with E-state index in [0.717, 1.165) is 47.4 Å². The van der Waals surface area contributed by atoms with Crippen molar-refractivity contribution in [1.82, 2.24) is 19.6 Å². The Morgan fingerprint density at radius 3 is 3.00 bits per heavy atom. The summed E-state index contributed by atoms with van der Waals surface area (Å²) in [6, 6.07) is 11.9. The van der Waals surface area contributed by atoms with E-state index in [1.54, 1.807) is 10.7 Å². The van der Waals surface area contributed by atoms with Gasteiger partial charge in [-0.1, -0.05) is 18.2 Å². The van der Waals surface area contributed by atoms with Crippen LogP contribution in [0.15, 0.2) is 48.8 Å². The van der Waals surface area contributed by atoms with E-state index in [2.05, 4.69) is 21.0 Å². The molecule has 8 nitrogen and oxygen atoms in total. The van der Waals surface area contributed by atoms with Crippen molar-refractivity contribution in [1.29, 1.82) is 0 Å². The third-order valence-electron chi connectivity index (χ3n) is 5.68. The van der Waals surface area contributed by atoms with Gasteiger partial charge in [-0.2, -0.15) is 9.61 Å². The number of hydrogen-bond donors (Lipinski definition) is 1. The summed E-state index contributed by atoms with van der Waals surface area (Å²) >= 11 is 0. The molecule has 1 atom stereocenters. The molecule has 0 spiro atoms. The Morgan fingerprint density at radius 2 is 2.13 bits per heavy atom. The highest BCUT2D eigenvalue weighted by atomic mass is 16.5. The van der Waals surface area contributed by atoms with Crippen LogP contribution in [0.25, 0.3) is 27.7 Å². The monoisotopic (exact) mass is 402 g/mol. The van der Waals surface area contributed by atoms with Crippen molar-refractivity contribution >= 4 is 34.2 Å². The molecule has 1 unspecified atom stereocenters. The predicted octanol–water partition coefficient (Wildman–Crippen LogP) is 2.92. The van der Waals surface area contributed by atoms with Gasteiger partial charge < -0.3 is 15.4 Å². The van der Waals surface area contributed by atoms with Gasteiger partial charge in [0.1, 0.15) is 11.6 Å². The zero-order valence-corrected chi connectivity index (χ0v) is 16.7. The molecule has 0 aliphatic carbocycles. The minimum atomic E-state index is -0.174. The highest BCUT2D eigenvalue weighted by Crippen LogP contribution is 2.31. The fourth-order valence-corrected chi connectivity index (χ4v) is 4.08. The number of carbonyl (C=O) groups is 1. The van der Waals surface area contributed by atoms with Gasteiger partial charge in [-0.25, -0.2) is 4.98 Å². The van der Waals surface area contributed by atoms with Crippen LogP contribution in [-0.4, -0.2) is 45.8 Å². The van der Waals surface area contributed by atoms with E-state index in [1.165, 1.54) is 7.11 Å². The number of ether oxygens (including phenoxy) is 1. The van der Waals surface area contributed by atoms with E-state index in [-0.39, 0.29) is 11.9 Å². The molecule has 4 heterocycles. The maximum absolute atomic E-state index is 11.6. The Kier molecular flexibility index (Phi) is 4.46. The summed E-state index contributed by atoms with van der Waals surface area (Å²) in [6.45, 7) is 1.57. The Hall–Kier alpha value is -3.68. The number of nitrogen functional groups attached to an aromatic ring is 1. The van der Waals surface area contributed by atoms with Gasteiger partial charge in [0.05, 0.1) is 25.2 Å². The molecule has 0 radical (unpaired) electrons. The number of rotatable bonds is 4. The molecule has 1 aliphatic heterocycles. The van der Waals surface area contributed by atoms with E-state index in [0.29, 0.717) is 17.9 Å². The van der Waals surface area contributed by atoms with Gasteiger partial charge in [0.25, 0.3) is 0 Å². The van der Waals surface area contributed by atoms with Crippen LogP contribution in [0.1, 0.15) is 12.8 Å². The molecule has 0 saturated carbocycles. The second-order valence-corrected chi connectivity index (χ2v) is 7.63. The van der Waals surface area contributed by atoms with E-state index in [1.807, 2.05) is 36.5 Å².